The number of unbranched alkanes of at least 4 members (excludes halogenated alkanes) is 36. The van der Waals surface area contributed by atoms with Crippen LogP contribution in [0.2, 0.25) is 0 Å². The van der Waals surface area contributed by atoms with Crippen molar-refractivity contribution < 1.29 is 24.2 Å². The van der Waals surface area contributed by atoms with Gasteiger partial charge in [0.25, 0.3) is 0 Å². The van der Waals surface area contributed by atoms with Crippen LogP contribution in [0.4, 0.5) is 0 Å². The van der Waals surface area contributed by atoms with Crippen LogP contribution in [0, 0.1) is 0 Å². The number of aliphatic hydroxyl groups excluding tert-OH is 1. The number of hydrogen-bond donors (Lipinski definition) is 1. The highest BCUT2D eigenvalue weighted by Gasteiger charge is 2.16. The average Bonchev–Trinajstić information content (AvgIpc) is 3.49. The molecule has 5 nitrogen and oxygen atoms in total. The number of carbonyl (C=O) groups excluding carboxylic acids is 2. The SMILES string of the molecule is CC/C=C\C/C=C\C/C=C\C/C=C\C/C=C\CCCCCCCCCCCCCCCCCCCCCC(=O)OC(CO)COC(=O)CCCCCCCCCCCCCCCCCCC/C=C\C/C=C\C/C=C\C/C=C\C/C=C\CC. The molecule has 0 aliphatic carbocycles. The molecule has 470 valence electrons. The fraction of sp³-hybridized carbons (Fsp3) is 0.714. The van der Waals surface area contributed by atoms with Crippen molar-refractivity contribution in [3.05, 3.63) is 122 Å². The van der Waals surface area contributed by atoms with Crippen molar-refractivity contribution in [1.29, 1.82) is 0 Å². The van der Waals surface area contributed by atoms with Crippen molar-refractivity contribution in [2.75, 3.05) is 13.2 Å². The van der Waals surface area contributed by atoms with Gasteiger partial charge in [0.2, 0.25) is 0 Å². The van der Waals surface area contributed by atoms with Crippen LogP contribution in [-0.4, -0.2) is 36.4 Å². The molecule has 0 aromatic carbocycles. The number of hydrogen-bond acceptors (Lipinski definition) is 5. The average molecular weight is 1140 g/mol. The summed E-state index contributed by atoms with van der Waals surface area (Å²) in [6.45, 7) is 3.95. The first-order valence-corrected chi connectivity index (χ1v) is 35.1. The molecule has 0 aromatic heterocycles. The van der Waals surface area contributed by atoms with E-state index in [1.54, 1.807) is 0 Å². The van der Waals surface area contributed by atoms with Crippen molar-refractivity contribution in [2.24, 2.45) is 0 Å². The molecule has 0 heterocycles. The summed E-state index contributed by atoms with van der Waals surface area (Å²) in [6, 6.07) is 0. The first kappa shape index (κ1) is 78.3. The molecule has 1 atom stereocenters. The number of ether oxygens (including phenoxy) is 2. The van der Waals surface area contributed by atoms with Gasteiger partial charge in [-0.05, 0) is 103 Å². The Morgan fingerprint density at radius 3 is 0.732 bits per heavy atom. The van der Waals surface area contributed by atoms with Gasteiger partial charge < -0.3 is 14.6 Å². The summed E-state index contributed by atoms with van der Waals surface area (Å²) < 4.78 is 10.8. The molecule has 0 radical (unpaired) electrons. The first-order valence-electron chi connectivity index (χ1n) is 35.1. The quantitative estimate of drug-likeness (QED) is 0.0373. The molecular weight excluding hydrogens is 1000 g/mol. The Balaban J connectivity index is 3.44. The standard InChI is InChI=1S/C77H132O5/c1-3-5-7-9-11-13-15-17-19-21-23-25-27-29-31-33-35-37-38-40-42-44-46-48-50-52-54-56-58-60-62-64-66-68-70-72-77(80)82-75(73-78)74-81-76(79)71-69-67-65-63-61-59-57-55-53-51-49-47-45-43-41-39-36-34-32-30-28-26-24-22-20-18-16-14-12-10-8-6-4-2/h5-8,11-14,17-20,23-26,29-32,75,78H,3-4,9-10,15-16,21-22,27-28,33-74H2,1-2H3/b7-5-,8-6-,13-11-,14-12-,19-17-,20-18-,25-23-,26-24-,31-29-,32-30-. The maximum absolute atomic E-state index is 12.4. The number of carbonyl (C=O) groups is 2. The van der Waals surface area contributed by atoms with Gasteiger partial charge in [-0.25, -0.2) is 0 Å². The number of esters is 2. The van der Waals surface area contributed by atoms with Crippen LogP contribution in [0.25, 0.3) is 0 Å². The van der Waals surface area contributed by atoms with Crippen LogP contribution in [-0.2, 0) is 19.1 Å². The van der Waals surface area contributed by atoms with E-state index in [9.17, 15) is 14.7 Å². The van der Waals surface area contributed by atoms with Gasteiger partial charge in [-0.3, -0.25) is 9.59 Å². The van der Waals surface area contributed by atoms with E-state index in [1.807, 2.05) is 0 Å². The summed E-state index contributed by atoms with van der Waals surface area (Å²) in [5, 5.41) is 9.71. The molecule has 0 fully saturated rings. The van der Waals surface area contributed by atoms with E-state index in [-0.39, 0.29) is 25.2 Å². The minimum atomic E-state index is -0.777. The lowest BCUT2D eigenvalue weighted by molar-refractivity contribution is -0.161. The molecule has 1 unspecified atom stereocenters. The highest BCUT2D eigenvalue weighted by Crippen LogP contribution is 2.18. The third-order valence-electron chi connectivity index (χ3n) is 15.3. The Morgan fingerprint density at radius 1 is 0.280 bits per heavy atom. The lowest BCUT2D eigenvalue weighted by Crippen LogP contribution is -2.28. The molecule has 0 aromatic rings. The Hall–Kier alpha value is -3.70. The van der Waals surface area contributed by atoms with Gasteiger partial charge in [-0.2, -0.15) is 0 Å². The molecule has 0 rings (SSSR count). The second-order valence-corrected chi connectivity index (χ2v) is 23.2. The van der Waals surface area contributed by atoms with E-state index < -0.39 is 6.10 Å². The van der Waals surface area contributed by atoms with Gasteiger partial charge in [0.1, 0.15) is 6.61 Å². The Labute approximate surface area is 509 Å². The predicted octanol–water partition coefficient (Wildman–Crippen LogP) is 24.5. The van der Waals surface area contributed by atoms with E-state index >= 15 is 0 Å². The number of aliphatic hydroxyl groups is 1. The second-order valence-electron chi connectivity index (χ2n) is 23.2. The molecule has 82 heavy (non-hydrogen) atoms. The van der Waals surface area contributed by atoms with Crippen molar-refractivity contribution in [1.82, 2.24) is 0 Å². The van der Waals surface area contributed by atoms with E-state index in [1.165, 1.54) is 205 Å². The summed E-state index contributed by atoms with van der Waals surface area (Å²) in [6.07, 6.45) is 105. The normalized spacial score (nSPS) is 13.0. The van der Waals surface area contributed by atoms with E-state index in [0.717, 1.165) is 103 Å². The van der Waals surface area contributed by atoms with Crippen molar-refractivity contribution in [3.8, 4) is 0 Å². The van der Waals surface area contributed by atoms with Crippen molar-refractivity contribution in [3.63, 3.8) is 0 Å². The Bertz CT molecular complexity index is 1620. The lowest BCUT2D eigenvalue weighted by atomic mass is 10.0. The summed E-state index contributed by atoms with van der Waals surface area (Å²) >= 11 is 0. The zero-order chi connectivity index (χ0) is 59.1. The third kappa shape index (κ3) is 68.8. The number of rotatable bonds is 64. The van der Waals surface area contributed by atoms with Crippen LogP contribution in [0.15, 0.2) is 122 Å². The highest BCUT2D eigenvalue weighted by molar-refractivity contribution is 5.70. The van der Waals surface area contributed by atoms with Crippen molar-refractivity contribution >= 4 is 11.9 Å². The van der Waals surface area contributed by atoms with Crippen LogP contribution in [0.1, 0.15) is 335 Å². The largest absolute Gasteiger partial charge is 0.462 e. The molecule has 5 heteroatoms. The van der Waals surface area contributed by atoms with E-state index in [2.05, 4.69) is 135 Å². The third-order valence-corrected chi connectivity index (χ3v) is 15.3. The van der Waals surface area contributed by atoms with Crippen LogP contribution >= 0.6 is 0 Å². The minimum Gasteiger partial charge on any atom is -0.462 e. The van der Waals surface area contributed by atoms with Gasteiger partial charge in [0.15, 0.2) is 6.10 Å². The zero-order valence-electron chi connectivity index (χ0n) is 54.0. The molecule has 0 spiro atoms. The maximum Gasteiger partial charge on any atom is 0.306 e. The fourth-order valence-corrected chi connectivity index (χ4v) is 10.1. The molecular formula is C77H132O5. The molecule has 0 aliphatic rings. The maximum atomic E-state index is 12.4. The van der Waals surface area contributed by atoms with Gasteiger partial charge in [0, 0.05) is 12.8 Å². The van der Waals surface area contributed by atoms with Crippen molar-refractivity contribution in [2.45, 2.75) is 341 Å². The monoisotopic (exact) mass is 1140 g/mol. The zero-order valence-corrected chi connectivity index (χ0v) is 54.0. The smallest absolute Gasteiger partial charge is 0.306 e. The van der Waals surface area contributed by atoms with Gasteiger partial charge in [-0.1, -0.05) is 341 Å². The predicted molar refractivity (Wildman–Crippen MR) is 362 cm³/mol. The van der Waals surface area contributed by atoms with Crippen LogP contribution < -0.4 is 0 Å². The highest BCUT2D eigenvalue weighted by atomic mass is 16.6. The summed E-state index contributed by atoms with van der Waals surface area (Å²) in [7, 11) is 0. The fourth-order valence-electron chi connectivity index (χ4n) is 10.1. The molecule has 0 saturated carbocycles. The minimum absolute atomic E-state index is 0.0663. The summed E-state index contributed by atoms with van der Waals surface area (Å²) in [5.74, 6) is -0.579. The van der Waals surface area contributed by atoms with Gasteiger partial charge >= 0.3 is 11.9 Å². The van der Waals surface area contributed by atoms with E-state index in [0.29, 0.717) is 12.8 Å². The molecule has 1 N–H and O–H groups in total. The van der Waals surface area contributed by atoms with Crippen LogP contribution in [0.3, 0.4) is 0 Å². The summed E-state index contributed by atoms with van der Waals surface area (Å²) in [4.78, 5) is 24.7. The second kappa shape index (κ2) is 71.6. The molecule has 0 amide bonds. The Morgan fingerprint density at radius 2 is 0.488 bits per heavy atom. The van der Waals surface area contributed by atoms with Crippen LogP contribution in [0.5, 0.6) is 0 Å². The molecule has 0 saturated heterocycles. The molecule has 0 bridgehead atoms. The van der Waals surface area contributed by atoms with Gasteiger partial charge in [0.05, 0.1) is 6.61 Å². The molecule has 0 aliphatic heterocycles. The Kier molecular flexibility index (Phi) is 68.3. The lowest BCUT2D eigenvalue weighted by Gasteiger charge is -2.15. The van der Waals surface area contributed by atoms with E-state index in [4.69, 9.17) is 9.47 Å². The first-order chi connectivity index (χ1) is 40.6. The number of allylic oxidation sites excluding steroid dienone is 20. The summed E-state index contributed by atoms with van der Waals surface area (Å²) in [5.41, 5.74) is 0. The topological polar surface area (TPSA) is 72.8 Å². The van der Waals surface area contributed by atoms with Gasteiger partial charge in [-0.15, -0.1) is 0 Å².